The van der Waals surface area contributed by atoms with Crippen molar-refractivity contribution in [2.24, 2.45) is 17.8 Å². The fourth-order valence-corrected chi connectivity index (χ4v) is 2.66. The summed E-state index contributed by atoms with van der Waals surface area (Å²) in [4.78, 5) is 23.4. The number of hydrogen-bond donors (Lipinski definition) is 0. The van der Waals surface area contributed by atoms with E-state index >= 15 is 0 Å². The highest BCUT2D eigenvalue weighted by molar-refractivity contribution is 5.86. The van der Waals surface area contributed by atoms with Gasteiger partial charge in [0.05, 0.1) is 18.3 Å². The lowest BCUT2D eigenvalue weighted by molar-refractivity contribution is -0.151. The van der Waals surface area contributed by atoms with Crippen LogP contribution in [0.4, 0.5) is 0 Å². The van der Waals surface area contributed by atoms with Gasteiger partial charge in [0.2, 0.25) is 0 Å². The molecule has 0 N–H and O–H groups in total. The smallest absolute Gasteiger partial charge is 0.333 e. The summed E-state index contributed by atoms with van der Waals surface area (Å²) in [5, 5.41) is 0. The molecule has 0 radical (unpaired) electrons. The van der Waals surface area contributed by atoms with E-state index in [0.717, 1.165) is 32.1 Å². The fourth-order valence-electron chi connectivity index (χ4n) is 2.66. The van der Waals surface area contributed by atoms with Crippen LogP contribution in [0.25, 0.3) is 0 Å². The van der Waals surface area contributed by atoms with Gasteiger partial charge in [-0.15, -0.1) is 0 Å². The van der Waals surface area contributed by atoms with E-state index in [0.29, 0.717) is 23.9 Å². The largest absolute Gasteiger partial charge is 0.495 e. The maximum absolute atomic E-state index is 12.1. The molecule has 5 heteroatoms. The van der Waals surface area contributed by atoms with E-state index in [1.165, 1.54) is 0 Å². The summed E-state index contributed by atoms with van der Waals surface area (Å²) >= 11 is 0. The van der Waals surface area contributed by atoms with Crippen LogP contribution in [-0.2, 0) is 23.8 Å². The standard InChI is InChI=1S/C20H32O5/c1-6-15(4)13-25-20(22)18-9-7-17(8-10-18)16(5)23-11-12-24-19(21)14(2)3/h15,17-18H,2,5-13H2,1,3-4H3. The molecule has 0 aliphatic heterocycles. The molecule has 25 heavy (non-hydrogen) atoms. The van der Waals surface area contributed by atoms with Gasteiger partial charge >= 0.3 is 11.9 Å². The van der Waals surface area contributed by atoms with E-state index in [1.54, 1.807) is 6.92 Å². The first-order valence-corrected chi connectivity index (χ1v) is 9.16. The molecular formula is C20H32O5. The molecule has 1 aliphatic rings. The van der Waals surface area contributed by atoms with Gasteiger partial charge in [0.1, 0.15) is 13.2 Å². The van der Waals surface area contributed by atoms with Crippen LogP contribution in [0.3, 0.4) is 0 Å². The molecule has 0 aromatic rings. The summed E-state index contributed by atoms with van der Waals surface area (Å²) in [5.74, 6) is 0.868. The van der Waals surface area contributed by atoms with Gasteiger partial charge in [0.15, 0.2) is 0 Å². The van der Waals surface area contributed by atoms with Crippen LogP contribution in [0, 0.1) is 17.8 Å². The summed E-state index contributed by atoms with van der Waals surface area (Å²) in [6.07, 6.45) is 4.36. The van der Waals surface area contributed by atoms with E-state index in [2.05, 4.69) is 27.0 Å². The second-order valence-corrected chi connectivity index (χ2v) is 6.92. The lowest BCUT2D eigenvalue weighted by atomic mass is 9.81. The lowest BCUT2D eigenvalue weighted by Crippen LogP contribution is -2.26. The molecule has 0 heterocycles. The normalized spacial score (nSPS) is 21.1. The first kappa shape index (κ1) is 21.3. The second kappa shape index (κ2) is 11.0. The first-order chi connectivity index (χ1) is 11.8. The van der Waals surface area contributed by atoms with Crippen LogP contribution < -0.4 is 0 Å². The highest BCUT2D eigenvalue weighted by Crippen LogP contribution is 2.33. The van der Waals surface area contributed by atoms with Gasteiger partial charge in [-0.25, -0.2) is 4.79 Å². The zero-order chi connectivity index (χ0) is 18.8. The molecule has 0 aromatic heterocycles. The average Bonchev–Trinajstić information content (AvgIpc) is 2.62. The molecule has 1 rings (SSSR count). The van der Waals surface area contributed by atoms with Crippen LogP contribution in [0.1, 0.15) is 52.9 Å². The molecule has 0 amide bonds. The Balaban J connectivity index is 2.22. The van der Waals surface area contributed by atoms with Gasteiger partial charge in [0.25, 0.3) is 0 Å². The zero-order valence-electron chi connectivity index (χ0n) is 15.8. The molecule has 5 nitrogen and oxygen atoms in total. The summed E-state index contributed by atoms with van der Waals surface area (Å²) in [5.41, 5.74) is 0.373. The van der Waals surface area contributed by atoms with Crippen LogP contribution in [-0.4, -0.2) is 31.8 Å². The number of allylic oxidation sites excluding steroid dienone is 1. The summed E-state index contributed by atoms with van der Waals surface area (Å²) in [7, 11) is 0. The Labute approximate surface area is 151 Å². The van der Waals surface area contributed by atoms with Gasteiger partial charge in [-0.05, 0) is 38.5 Å². The number of esters is 2. The van der Waals surface area contributed by atoms with E-state index in [1.807, 2.05) is 0 Å². The third-order valence-corrected chi connectivity index (χ3v) is 4.68. The molecule has 1 unspecified atom stereocenters. The summed E-state index contributed by atoms with van der Waals surface area (Å²) < 4.78 is 16.0. The molecule has 1 saturated carbocycles. The van der Waals surface area contributed by atoms with Crippen molar-refractivity contribution < 1.29 is 23.8 Å². The Morgan fingerprint density at radius 2 is 1.56 bits per heavy atom. The van der Waals surface area contributed by atoms with Crippen LogP contribution in [0.5, 0.6) is 0 Å². The van der Waals surface area contributed by atoms with Gasteiger partial charge in [-0.2, -0.15) is 0 Å². The SMILES string of the molecule is C=C(C)C(=O)OCCOC(=C)C1CCC(C(=O)OCC(C)CC)CC1. The molecule has 142 valence electrons. The van der Waals surface area contributed by atoms with E-state index in [-0.39, 0.29) is 31.0 Å². The Kier molecular flexibility index (Phi) is 9.32. The topological polar surface area (TPSA) is 61.8 Å². The molecule has 1 atom stereocenters. The molecule has 0 bridgehead atoms. The summed E-state index contributed by atoms with van der Waals surface area (Å²) in [6.45, 7) is 14.3. The molecule has 1 aliphatic carbocycles. The van der Waals surface area contributed by atoms with Gasteiger partial charge < -0.3 is 14.2 Å². The highest BCUT2D eigenvalue weighted by atomic mass is 16.6. The van der Waals surface area contributed by atoms with Gasteiger partial charge in [-0.1, -0.05) is 33.4 Å². The Bertz CT molecular complexity index is 474. The number of hydrogen-bond acceptors (Lipinski definition) is 5. The number of carbonyl (C=O) groups excluding carboxylic acids is 2. The maximum atomic E-state index is 12.1. The monoisotopic (exact) mass is 352 g/mol. The van der Waals surface area contributed by atoms with Gasteiger partial charge in [0, 0.05) is 11.5 Å². The fraction of sp³-hybridized carbons (Fsp3) is 0.700. The molecule has 1 fully saturated rings. The summed E-state index contributed by atoms with van der Waals surface area (Å²) in [6, 6.07) is 0. The number of rotatable bonds is 10. The second-order valence-electron chi connectivity index (χ2n) is 6.92. The third-order valence-electron chi connectivity index (χ3n) is 4.68. The van der Waals surface area contributed by atoms with Crippen molar-refractivity contribution in [2.75, 3.05) is 19.8 Å². The van der Waals surface area contributed by atoms with E-state index < -0.39 is 5.97 Å². The number of ether oxygens (including phenoxy) is 3. The minimum atomic E-state index is -0.411. The Hall–Kier alpha value is -1.78. The van der Waals surface area contributed by atoms with Crippen molar-refractivity contribution in [3.8, 4) is 0 Å². The first-order valence-electron chi connectivity index (χ1n) is 9.16. The van der Waals surface area contributed by atoms with Gasteiger partial charge in [-0.3, -0.25) is 4.79 Å². The minimum Gasteiger partial charge on any atom is -0.495 e. The minimum absolute atomic E-state index is 0.00960. The maximum Gasteiger partial charge on any atom is 0.333 e. The highest BCUT2D eigenvalue weighted by Gasteiger charge is 2.29. The Morgan fingerprint density at radius 3 is 2.12 bits per heavy atom. The third kappa shape index (κ3) is 7.76. The quantitative estimate of drug-likeness (QED) is 0.257. The molecule has 0 aromatic carbocycles. The van der Waals surface area contributed by atoms with Crippen molar-refractivity contribution in [1.29, 1.82) is 0 Å². The predicted octanol–water partition coefficient (Wildman–Crippen LogP) is 4.03. The van der Waals surface area contributed by atoms with Crippen molar-refractivity contribution in [1.82, 2.24) is 0 Å². The lowest BCUT2D eigenvalue weighted by Gasteiger charge is -2.28. The van der Waals surface area contributed by atoms with Crippen molar-refractivity contribution in [3.63, 3.8) is 0 Å². The Morgan fingerprint density at radius 1 is 1.00 bits per heavy atom. The average molecular weight is 352 g/mol. The molecular weight excluding hydrogens is 320 g/mol. The van der Waals surface area contributed by atoms with Crippen LogP contribution in [0.15, 0.2) is 24.5 Å². The molecule has 0 saturated heterocycles. The number of carbonyl (C=O) groups is 2. The molecule has 0 spiro atoms. The van der Waals surface area contributed by atoms with Crippen LogP contribution >= 0.6 is 0 Å². The van der Waals surface area contributed by atoms with Crippen LogP contribution in [0.2, 0.25) is 0 Å². The van der Waals surface area contributed by atoms with Crippen molar-refractivity contribution in [3.05, 3.63) is 24.5 Å². The van der Waals surface area contributed by atoms with E-state index in [4.69, 9.17) is 14.2 Å². The van der Waals surface area contributed by atoms with Crippen molar-refractivity contribution in [2.45, 2.75) is 52.9 Å². The van der Waals surface area contributed by atoms with Crippen molar-refractivity contribution >= 4 is 11.9 Å². The zero-order valence-corrected chi connectivity index (χ0v) is 15.8. The predicted molar refractivity (Wildman–Crippen MR) is 96.7 cm³/mol. The van der Waals surface area contributed by atoms with E-state index in [9.17, 15) is 9.59 Å².